The number of sulfone groups is 1. The molecule has 1 unspecified atom stereocenters. The second kappa shape index (κ2) is 6.16. The van der Waals surface area contributed by atoms with Gasteiger partial charge in [0.2, 0.25) is 0 Å². The maximum atomic E-state index is 13.2. The fourth-order valence-corrected chi connectivity index (χ4v) is 4.39. The molecule has 1 amide bonds. The molecule has 1 aliphatic heterocycles. The zero-order valence-corrected chi connectivity index (χ0v) is 13.1. The van der Waals surface area contributed by atoms with Crippen molar-refractivity contribution in [3.8, 4) is 0 Å². The van der Waals surface area contributed by atoms with Crippen LogP contribution in [0.3, 0.4) is 0 Å². The molecule has 1 aliphatic rings. The first-order valence-electron chi connectivity index (χ1n) is 7.24. The number of amides is 1. The third kappa shape index (κ3) is 3.44. The topological polar surface area (TPSA) is 67.6 Å². The number of furan rings is 1. The highest BCUT2D eigenvalue weighted by Gasteiger charge is 2.35. The van der Waals surface area contributed by atoms with Crippen molar-refractivity contribution >= 4 is 15.7 Å². The fourth-order valence-electron chi connectivity index (χ4n) is 2.72. The van der Waals surface area contributed by atoms with E-state index in [2.05, 4.69) is 0 Å². The van der Waals surface area contributed by atoms with E-state index in [-0.39, 0.29) is 23.8 Å². The average molecular weight is 337 g/mol. The van der Waals surface area contributed by atoms with Crippen LogP contribution in [0.5, 0.6) is 0 Å². The Morgan fingerprint density at radius 1 is 1.30 bits per heavy atom. The van der Waals surface area contributed by atoms with Gasteiger partial charge in [-0.15, -0.1) is 0 Å². The van der Waals surface area contributed by atoms with E-state index in [0.717, 1.165) is 6.07 Å². The van der Waals surface area contributed by atoms with Crippen LogP contribution in [0, 0.1) is 5.82 Å². The van der Waals surface area contributed by atoms with Crippen molar-refractivity contribution < 1.29 is 22.0 Å². The summed E-state index contributed by atoms with van der Waals surface area (Å²) in [5.74, 6) is -0.621. The van der Waals surface area contributed by atoms with Crippen LogP contribution in [-0.4, -0.2) is 37.6 Å². The molecule has 0 saturated carbocycles. The van der Waals surface area contributed by atoms with Crippen LogP contribution >= 0.6 is 0 Å². The summed E-state index contributed by atoms with van der Waals surface area (Å²) in [5, 5.41) is -0.620. The van der Waals surface area contributed by atoms with Crippen molar-refractivity contribution in [2.24, 2.45) is 0 Å². The van der Waals surface area contributed by atoms with Crippen LogP contribution in [-0.2, 0) is 15.6 Å². The Morgan fingerprint density at radius 2 is 2.13 bits per heavy atom. The van der Waals surface area contributed by atoms with Gasteiger partial charge in [-0.2, -0.15) is 0 Å². The lowest BCUT2D eigenvalue weighted by Crippen LogP contribution is -2.32. The monoisotopic (exact) mass is 337 g/mol. The molecule has 3 rings (SSSR count). The van der Waals surface area contributed by atoms with E-state index in [1.165, 1.54) is 29.4 Å². The second-order valence-corrected chi connectivity index (χ2v) is 7.84. The van der Waals surface area contributed by atoms with Gasteiger partial charge in [-0.1, -0.05) is 6.07 Å². The standard InChI is InChI=1S/C16H16FNO4S/c17-13-4-1-3-12(9-13)16(19)18-7-6-15(10-18)23(20,21)11-14-5-2-8-22-14/h1-5,8-9,15H,6-7,10-11H2. The fraction of sp³-hybridized carbons (Fsp3) is 0.312. The minimum atomic E-state index is -3.40. The zero-order valence-electron chi connectivity index (χ0n) is 12.3. The lowest BCUT2D eigenvalue weighted by Gasteiger charge is -2.16. The minimum absolute atomic E-state index is 0.123. The highest BCUT2D eigenvalue weighted by atomic mass is 32.2. The number of rotatable bonds is 4. The highest BCUT2D eigenvalue weighted by Crippen LogP contribution is 2.22. The van der Waals surface area contributed by atoms with Crippen LogP contribution in [0.1, 0.15) is 22.5 Å². The third-order valence-corrected chi connectivity index (χ3v) is 6.02. The maximum absolute atomic E-state index is 13.2. The van der Waals surface area contributed by atoms with E-state index < -0.39 is 20.9 Å². The van der Waals surface area contributed by atoms with Gasteiger partial charge < -0.3 is 9.32 Å². The van der Waals surface area contributed by atoms with Crippen LogP contribution < -0.4 is 0 Å². The predicted molar refractivity (Wildman–Crippen MR) is 82.0 cm³/mol. The average Bonchev–Trinajstić information content (AvgIpc) is 3.17. The largest absolute Gasteiger partial charge is 0.468 e. The lowest BCUT2D eigenvalue weighted by atomic mass is 10.2. The number of hydrogen-bond donors (Lipinski definition) is 0. The molecule has 23 heavy (non-hydrogen) atoms. The first-order valence-corrected chi connectivity index (χ1v) is 8.96. The Labute approximate surface area is 133 Å². The molecule has 1 saturated heterocycles. The number of carbonyl (C=O) groups is 1. The van der Waals surface area contributed by atoms with Crippen molar-refractivity contribution in [2.45, 2.75) is 17.4 Å². The third-order valence-electron chi connectivity index (χ3n) is 3.94. The van der Waals surface area contributed by atoms with Gasteiger partial charge in [-0.05, 0) is 36.8 Å². The van der Waals surface area contributed by atoms with Crippen molar-refractivity contribution in [2.75, 3.05) is 13.1 Å². The number of hydrogen-bond acceptors (Lipinski definition) is 4. The van der Waals surface area contributed by atoms with Gasteiger partial charge in [0.15, 0.2) is 9.84 Å². The predicted octanol–water partition coefficient (Wildman–Crippen LogP) is 2.25. The molecule has 1 aromatic heterocycles. The smallest absolute Gasteiger partial charge is 0.253 e. The molecular weight excluding hydrogens is 321 g/mol. The van der Waals surface area contributed by atoms with Gasteiger partial charge in [-0.3, -0.25) is 4.79 Å². The molecule has 0 bridgehead atoms. The van der Waals surface area contributed by atoms with E-state index in [1.807, 2.05) is 0 Å². The Kier molecular flexibility index (Phi) is 4.21. The Morgan fingerprint density at radius 3 is 2.83 bits per heavy atom. The summed E-state index contributed by atoms with van der Waals surface area (Å²) in [4.78, 5) is 13.8. The Balaban J connectivity index is 1.69. The molecule has 122 valence electrons. The molecule has 1 aromatic carbocycles. The van der Waals surface area contributed by atoms with Gasteiger partial charge in [0.1, 0.15) is 17.3 Å². The van der Waals surface area contributed by atoms with E-state index in [0.29, 0.717) is 18.7 Å². The lowest BCUT2D eigenvalue weighted by molar-refractivity contribution is 0.0792. The molecular formula is C16H16FNO4S. The Bertz CT molecular complexity index is 801. The van der Waals surface area contributed by atoms with Gasteiger partial charge in [0, 0.05) is 18.7 Å². The summed E-state index contributed by atoms with van der Waals surface area (Å²) in [7, 11) is -3.40. The number of likely N-dealkylation sites (tertiary alicyclic amines) is 1. The maximum Gasteiger partial charge on any atom is 0.253 e. The molecule has 7 heteroatoms. The molecule has 2 heterocycles. The van der Waals surface area contributed by atoms with Gasteiger partial charge in [0.05, 0.1) is 11.5 Å². The molecule has 2 aromatic rings. The van der Waals surface area contributed by atoms with Gasteiger partial charge >= 0.3 is 0 Å². The minimum Gasteiger partial charge on any atom is -0.468 e. The molecule has 0 spiro atoms. The summed E-state index contributed by atoms with van der Waals surface area (Å²) in [5.41, 5.74) is 0.231. The molecule has 0 aliphatic carbocycles. The van der Waals surface area contributed by atoms with Crippen LogP contribution in [0.25, 0.3) is 0 Å². The second-order valence-electron chi connectivity index (χ2n) is 5.56. The summed E-state index contributed by atoms with van der Waals surface area (Å²) >= 11 is 0. The van der Waals surface area contributed by atoms with Crippen molar-refractivity contribution in [3.05, 3.63) is 59.8 Å². The number of carbonyl (C=O) groups excluding carboxylic acids is 1. The van der Waals surface area contributed by atoms with E-state index in [9.17, 15) is 17.6 Å². The quantitative estimate of drug-likeness (QED) is 0.858. The molecule has 1 atom stereocenters. The van der Waals surface area contributed by atoms with E-state index >= 15 is 0 Å². The van der Waals surface area contributed by atoms with Gasteiger partial charge in [-0.25, -0.2) is 12.8 Å². The SMILES string of the molecule is O=C(c1cccc(F)c1)N1CCC(S(=O)(=O)Cc2ccco2)C1. The number of nitrogens with zero attached hydrogens (tertiary/aromatic N) is 1. The molecule has 1 fully saturated rings. The molecule has 0 radical (unpaired) electrons. The number of halogens is 1. The summed E-state index contributed by atoms with van der Waals surface area (Å²) < 4.78 is 43.1. The van der Waals surface area contributed by atoms with Crippen molar-refractivity contribution in [3.63, 3.8) is 0 Å². The summed E-state index contributed by atoms with van der Waals surface area (Å²) in [6.45, 7) is 0.468. The van der Waals surface area contributed by atoms with Crippen molar-refractivity contribution in [1.29, 1.82) is 0 Å². The number of benzene rings is 1. The van der Waals surface area contributed by atoms with Crippen LogP contribution in [0.15, 0.2) is 47.1 Å². The summed E-state index contributed by atoms with van der Waals surface area (Å²) in [6, 6.07) is 8.66. The summed E-state index contributed by atoms with van der Waals surface area (Å²) in [6.07, 6.45) is 1.81. The first-order chi connectivity index (χ1) is 11.0. The zero-order chi connectivity index (χ0) is 16.4. The van der Waals surface area contributed by atoms with E-state index in [1.54, 1.807) is 12.1 Å². The van der Waals surface area contributed by atoms with Crippen molar-refractivity contribution in [1.82, 2.24) is 4.90 Å². The normalized spacial score (nSPS) is 18.3. The molecule has 5 nitrogen and oxygen atoms in total. The molecule has 0 N–H and O–H groups in total. The Hall–Kier alpha value is -2.15. The van der Waals surface area contributed by atoms with Crippen LogP contribution in [0.4, 0.5) is 4.39 Å². The first kappa shape index (κ1) is 15.7. The van der Waals surface area contributed by atoms with Crippen LogP contribution in [0.2, 0.25) is 0 Å². The van der Waals surface area contributed by atoms with E-state index in [4.69, 9.17) is 4.42 Å². The highest BCUT2D eigenvalue weighted by molar-refractivity contribution is 7.91. The van der Waals surface area contributed by atoms with Gasteiger partial charge in [0.25, 0.3) is 5.91 Å².